The fraction of sp³-hybridized carbons (Fsp3) is 0.350. The highest BCUT2D eigenvalue weighted by atomic mass is 127. The normalized spacial score (nSPS) is 11.5. The number of benzene rings is 2. The minimum atomic E-state index is -4.64. The fourth-order valence-corrected chi connectivity index (χ4v) is 2.73. The summed E-state index contributed by atoms with van der Waals surface area (Å²) in [5.41, 5.74) is -0.0870. The Labute approximate surface area is 189 Å². The molecule has 0 saturated heterocycles. The molecule has 0 amide bonds. The molecule has 0 bridgehead atoms. The summed E-state index contributed by atoms with van der Waals surface area (Å²) < 4.78 is 62.9. The third-order valence-electron chi connectivity index (χ3n) is 4.20. The molecule has 2 aromatic rings. The Morgan fingerprint density at radius 1 is 1.00 bits per heavy atom. The molecule has 0 unspecified atom stereocenters. The van der Waals surface area contributed by atoms with Gasteiger partial charge in [0.05, 0.1) is 19.8 Å². The summed E-state index contributed by atoms with van der Waals surface area (Å²) in [6.07, 6.45) is -4.01. The molecule has 0 spiro atoms. The van der Waals surface area contributed by atoms with Gasteiger partial charge in [-0.3, -0.25) is 4.99 Å². The molecule has 10 heteroatoms. The van der Waals surface area contributed by atoms with Gasteiger partial charge in [-0.15, -0.1) is 24.0 Å². The molecule has 0 atom stereocenters. The monoisotopic (exact) mass is 541 g/mol. The van der Waals surface area contributed by atoms with Crippen LogP contribution in [0.15, 0.2) is 41.4 Å². The molecule has 0 aliphatic carbocycles. The zero-order chi connectivity index (χ0) is 21.4. The maximum Gasteiger partial charge on any atom is 0.416 e. The first-order valence-electron chi connectivity index (χ1n) is 8.79. The van der Waals surface area contributed by atoms with E-state index in [4.69, 9.17) is 9.47 Å². The second-order valence-corrected chi connectivity index (χ2v) is 6.09. The molecule has 2 rings (SSSR count). The molecule has 30 heavy (non-hydrogen) atoms. The number of nitrogens with one attached hydrogen (secondary N) is 2. The van der Waals surface area contributed by atoms with E-state index >= 15 is 0 Å². The van der Waals surface area contributed by atoms with Crippen LogP contribution in [-0.2, 0) is 19.1 Å². The van der Waals surface area contributed by atoms with E-state index in [1.54, 1.807) is 20.3 Å². The van der Waals surface area contributed by atoms with Gasteiger partial charge in [-0.25, -0.2) is 4.39 Å². The third-order valence-corrected chi connectivity index (χ3v) is 4.20. The van der Waals surface area contributed by atoms with Crippen LogP contribution in [0.25, 0.3) is 0 Å². The fourth-order valence-electron chi connectivity index (χ4n) is 2.73. The number of methoxy groups -OCH3 is 2. The van der Waals surface area contributed by atoms with Gasteiger partial charge in [0, 0.05) is 20.1 Å². The molecule has 2 aromatic carbocycles. The predicted molar refractivity (Wildman–Crippen MR) is 118 cm³/mol. The molecule has 0 heterocycles. The van der Waals surface area contributed by atoms with Crippen molar-refractivity contribution in [2.75, 3.05) is 27.8 Å². The molecule has 166 valence electrons. The summed E-state index contributed by atoms with van der Waals surface area (Å²) in [6.45, 7) is 0.343. The standard InChI is InChI=1S/C20H23F4N3O2.HI/c1-25-19(26-9-8-13-4-7-17(28-2)18(10-13)29-3)27-12-14-5-6-15(21)11-16(14)20(22,23)24;/h4-7,10-11H,8-9,12H2,1-3H3,(H2,25,26,27);1H. The lowest BCUT2D eigenvalue weighted by Gasteiger charge is -2.16. The average Bonchev–Trinajstić information content (AvgIpc) is 2.70. The van der Waals surface area contributed by atoms with Gasteiger partial charge in [-0.05, 0) is 41.8 Å². The van der Waals surface area contributed by atoms with Gasteiger partial charge < -0.3 is 20.1 Å². The van der Waals surface area contributed by atoms with E-state index in [2.05, 4.69) is 15.6 Å². The highest BCUT2D eigenvalue weighted by molar-refractivity contribution is 14.0. The molecule has 0 aromatic heterocycles. The Bertz CT molecular complexity index is 860. The number of rotatable bonds is 7. The second-order valence-electron chi connectivity index (χ2n) is 6.09. The molecule has 0 aliphatic rings. The first-order valence-corrected chi connectivity index (χ1v) is 8.79. The molecule has 0 fully saturated rings. The van der Waals surface area contributed by atoms with Crippen LogP contribution in [0.4, 0.5) is 17.6 Å². The SMILES string of the molecule is CN=C(NCCc1ccc(OC)c(OC)c1)NCc1ccc(F)cc1C(F)(F)F.I. The number of guanidine groups is 1. The first kappa shape index (κ1) is 25.8. The highest BCUT2D eigenvalue weighted by Gasteiger charge is 2.33. The lowest BCUT2D eigenvalue weighted by Crippen LogP contribution is -2.38. The molecular formula is C20H24F4IN3O2. The van der Waals surface area contributed by atoms with Crippen molar-refractivity contribution in [1.82, 2.24) is 10.6 Å². The van der Waals surface area contributed by atoms with Gasteiger partial charge in [0.2, 0.25) is 0 Å². The zero-order valence-electron chi connectivity index (χ0n) is 16.8. The lowest BCUT2D eigenvalue weighted by molar-refractivity contribution is -0.138. The number of ether oxygens (including phenoxy) is 2. The van der Waals surface area contributed by atoms with Crippen LogP contribution < -0.4 is 20.1 Å². The number of halogens is 5. The van der Waals surface area contributed by atoms with E-state index in [0.717, 1.165) is 17.7 Å². The Balaban J connectivity index is 0.00000450. The largest absolute Gasteiger partial charge is 0.493 e. The highest BCUT2D eigenvalue weighted by Crippen LogP contribution is 2.32. The predicted octanol–water partition coefficient (Wildman–Crippen LogP) is 4.39. The molecule has 0 radical (unpaired) electrons. The van der Waals surface area contributed by atoms with Gasteiger partial charge in [-0.1, -0.05) is 12.1 Å². The van der Waals surface area contributed by atoms with Gasteiger partial charge in [0.25, 0.3) is 0 Å². The summed E-state index contributed by atoms with van der Waals surface area (Å²) in [4.78, 5) is 4.00. The van der Waals surface area contributed by atoms with Crippen molar-refractivity contribution in [2.24, 2.45) is 4.99 Å². The number of aliphatic imine (C=N–C) groups is 1. The van der Waals surface area contributed by atoms with E-state index in [0.29, 0.717) is 36.5 Å². The van der Waals surface area contributed by atoms with Gasteiger partial charge in [-0.2, -0.15) is 13.2 Å². The van der Waals surface area contributed by atoms with Crippen molar-refractivity contribution in [3.63, 3.8) is 0 Å². The van der Waals surface area contributed by atoms with Crippen molar-refractivity contribution >= 4 is 29.9 Å². The molecule has 5 nitrogen and oxygen atoms in total. The van der Waals surface area contributed by atoms with Crippen molar-refractivity contribution in [3.05, 3.63) is 58.9 Å². The van der Waals surface area contributed by atoms with E-state index in [1.165, 1.54) is 7.05 Å². The minimum absolute atomic E-state index is 0. The maximum atomic E-state index is 13.2. The van der Waals surface area contributed by atoms with Crippen LogP contribution in [-0.4, -0.2) is 33.8 Å². The summed E-state index contributed by atoms with van der Waals surface area (Å²) in [6, 6.07) is 8.15. The van der Waals surface area contributed by atoms with Crippen LogP contribution in [0.1, 0.15) is 16.7 Å². The van der Waals surface area contributed by atoms with E-state index in [-0.39, 0.29) is 36.1 Å². The Hall–Kier alpha value is -2.24. The second kappa shape index (κ2) is 11.8. The van der Waals surface area contributed by atoms with Crippen molar-refractivity contribution in [2.45, 2.75) is 19.1 Å². The van der Waals surface area contributed by atoms with Crippen LogP contribution in [0, 0.1) is 5.82 Å². The van der Waals surface area contributed by atoms with Crippen LogP contribution >= 0.6 is 24.0 Å². The summed E-state index contributed by atoms with van der Waals surface area (Å²) in [5.74, 6) is 0.645. The van der Waals surface area contributed by atoms with Crippen LogP contribution in [0.2, 0.25) is 0 Å². The number of hydrogen-bond donors (Lipinski definition) is 2. The Kier molecular flexibility index (Phi) is 10.2. The van der Waals surface area contributed by atoms with Gasteiger partial charge >= 0.3 is 6.18 Å². The molecule has 2 N–H and O–H groups in total. The van der Waals surface area contributed by atoms with Crippen LogP contribution in [0.3, 0.4) is 0 Å². The quantitative estimate of drug-likeness (QED) is 0.237. The smallest absolute Gasteiger partial charge is 0.416 e. The van der Waals surface area contributed by atoms with Crippen LogP contribution in [0.5, 0.6) is 11.5 Å². The van der Waals surface area contributed by atoms with E-state index in [9.17, 15) is 17.6 Å². The average molecular weight is 541 g/mol. The molecule has 0 saturated carbocycles. The Morgan fingerprint density at radius 3 is 2.30 bits per heavy atom. The van der Waals surface area contributed by atoms with E-state index in [1.807, 2.05) is 12.1 Å². The van der Waals surface area contributed by atoms with Crippen molar-refractivity contribution in [1.29, 1.82) is 0 Å². The number of alkyl halides is 3. The van der Waals surface area contributed by atoms with E-state index < -0.39 is 17.6 Å². The van der Waals surface area contributed by atoms with Crippen molar-refractivity contribution < 1.29 is 27.0 Å². The lowest BCUT2D eigenvalue weighted by atomic mass is 10.1. The summed E-state index contributed by atoms with van der Waals surface area (Å²) in [7, 11) is 4.62. The number of nitrogens with zero attached hydrogens (tertiary/aromatic N) is 1. The minimum Gasteiger partial charge on any atom is -0.493 e. The molecule has 0 aliphatic heterocycles. The number of hydrogen-bond acceptors (Lipinski definition) is 3. The zero-order valence-corrected chi connectivity index (χ0v) is 19.1. The third kappa shape index (κ3) is 7.22. The topological polar surface area (TPSA) is 54.9 Å². The Morgan fingerprint density at radius 2 is 1.70 bits per heavy atom. The van der Waals surface area contributed by atoms with Crippen molar-refractivity contribution in [3.8, 4) is 11.5 Å². The molecular weight excluding hydrogens is 517 g/mol. The van der Waals surface area contributed by atoms with Gasteiger partial charge in [0.15, 0.2) is 17.5 Å². The summed E-state index contributed by atoms with van der Waals surface area (Å²) in [5, 5.41) is 5.85. The first-order chi connectivity index (χ1) is 13.8. The summed E-state index contributed by atoms with van der Waals surface area (Å²) >= 11 is 0. The maximum absolute atomic E-state index is 13.2. The van der Waals surface area contributed by atoms with Gasteiger partial charge in [0.1, 0.15) is 5.82 Å².